The lowest BCUT2D eigenvalue weighted by Gasteiger charge is -2.45. The Hall–Kier alpha value is -2.67. The highest BCUT2D eigenvalue weighted by atomic mass is 32.2. The van der Waals surface area contributed by atoms with E-state index in [9.17, 15) is 29.4 Å². The number of aliphatic carboxylic acids is 1. The number of hydrogen-bond acceptors (Lipinski definition) is 8. The zero-order valence-electron chi connectivity index (χ0n) is 21.0. The zero-order valence-corrected chi connectivity index (χ0v) is 21.8. The van der Waals surface area contributed by atoms with Crippen molar-refractivity contribution in [1.29, 1.82) is 0 Å². The minimum Gasteiger partial charge on any atom is -0.480 e. The van der Waals surface area contributed by atoms with E-state index < -0.39 is 46.0 Å². The van der Waals surface area contributed by atoms with Crippen LogP contribution in [-0.2, 0) is 25.7 Å². The number of amides is 3. The van der Waals surface area contributed by atoms with Crippen LogP contribution < -0.4 is 0 Å². The number of hydrogen-bond donors (Lipinski definition) is 3. The summed E-state index contributed by atoms with van der Waals surface area (Å²) < 4.78 is -0.776. The molecule has 11 nitrogen and oxygen atoms in total. The van der Waals surface area contributed by atoms with E-state index in [1.165, 1.54) is 21.6 Å². The summed E-state index contributed by atoms with van der Waals surface area (Å²) >= 11 is 1.26. The lowest BCUT2D eigenvalue weighted by atomic mass is 9.87. The van der Waals surface area contributed by atoms with Crippen molar-refractivity contribution in [1.82, 2.24) is 19.6 Å². The Morgan fingerprint density at radius 3 is 2.38 bits per heavy atom. The van der Waals surface area contributed by atoms with Crippen LogP contribution in [0.2, 0.25) is 0 Å². The average Bonchev–Trinajstić information content (AvgIpc) is 3.11. The van der Waals surface area contributed by atoms with Gasteiger partial charge in [-0.3, -0.25) is 19.3 Å². The molecule has 3 aliphatic rings. The minimum absolute atomic E-state index is 0.0478. The fraction of sp³-hybridized carbons (Fsp3) is 0.600. The number of benzene rings is 1. The van der Waals surface area contributed by atoms with Gasteiger partial charge in [-0.15, -0.1) is 11.8 Å². The van der Waals surface area contributed by atoms with Gasteiger partial charge in [0.15, 0.2) is 0 Å². The van der Waals surface area contributed by atoms with Crippen LogP contribution in [0.5, 0.6) is 0 Å². The van der Waals surface area contributed by atoms with Crippen molar-refractivity contribution in [2.75, 3.05) is 45.9 Å². The van der Waals surface area contributed by atoms with E-state index in [0.717, 1.165) is 5.56 Å². The Morgan fingerprint density at radius 1 is 1.14 bits per heavy atom. The van der Waals surface area contributed by atoms with Gasteiger partial charge in [-0.05, 0) is 19.4 Å². The molecule has 0 spiro atoms. The van der Waals surface area contributed by atoms with Crippen molar-refractivity contribution in [3.63, 3.8) is 0 Å². The van der Waals surface area contributed by atoms with E-state index >= 15 is 0 Å². The number of β-lactam (4-membered cyclic amide) rings is 1. The molecule has 3 aliphatic heterocycles. The first-order chi connectivity index (χ1) is 17.5. The topological polar surface area (TPSA) is 142 Å². The molecule has 3 amide bonds. The van der Waals surface area contributed by atoms with E-state index in [4.69, 9.17) is 5.11 Å². The fourth-order valence-electron chi connectivity index (χ4n) is 5.31. The minimum atomic E-state index is -1.69. The van der Waals surface area contributed by atoms with E-state index in [2.05, 4.69) is 4.90 Å². The summed E-state index contributed by atoms with van der Waals surface area (Å²) in [5.74, 6) is -3.75. The zero-order chi connectivity index (χ0) is 26.9. The normalized spacial score (nSPS) is 25.8. The highest BCUT2D eigenvalue weighted by Crippen LogP contribution is 2.54. The van der Waals surface area contributed by atoms with Crippen molar-refractivity contribution in [2.24, 2.45) is 5.92 Å². The second kappa shape index (κ2) is 11.0. The number of rotatable bonds is 9. The maximum Gasteiger partial charge on any atom is 0.327 e. The van der Waals surface area contributed by atoms with Crippen molar-refractivity contribution >= 4 is 35.5 Å². The van der Waals surface area contributed by atoms with E-state index in [-0.39, 0.29) is 25.6 Å². The number of aliphatic hydroxyl groups excluding tert-OH is 2. The number of carboxylic acid groups (broad SMARTS) is 1. The summed E-state index contributed by atoms with van der Waals surface area (Å²) in [5, 5.41) is 29.2. The van der Waals surface area contributed by atoms with Crippen LogP contribution in [0.1, 0.15) is 19.4 Å². The summed E-state index contributed by atoms with van der Waals surface area (Å²) in [6.07, 6.45) is -1.69. The van der Waals surface area contributed by atoms with Crippen molar-refractivity contribution in [2.45, 2.75) is 42.7 Å². The van der Waals surface area contributed by atoms with E-state index in [0.29, 0.717) is 32.7 Å². The van der Waals surface area contributed by atoms with Crippen LogP contribution in [0, 0.1) is 5.92 Å². The molecule has 4 atom stereocenters. The smallest absolute Gasteiger partial charge is 0.327 e. The number of carboxylic acids is 1. The van der Waals surface area contributed by atoms with Gasteiger partial charge in [0, 0.05) is 44.0 Å². The number of β-amino-alcohol motifs (C(OH)–C–C–N with tert-alkyl or cyclic N) is 1. The van der Waals surface area contributed by atoms with Crippen LogP contribution >= 0.6 is 11.8 Å². The SMILES string of the molecule is CC1(C)S[C@@H]2[C@H]([C@H](O)C(=O)N(CC(=O)N3CCN(CCO)CC3)Cc3ccccc3)C(=O)N2[C@H]1C(=O)O. The van der Waals surface area contributed by atoms with Crippen LogP contribution in [0.25, 0.3) is 0 Å². The second-order valence-electron chi connectivity index (χ2n) is 10.2. The molecule has 3 heterocycles. The molecule has 3 N–H and O–H groups in total. The Balaban J connectivity index is 1.48. The van der Waals surface area contributed by atoms with Crippen molar-refractivity contribution < 1.29 is 34.5 Å². The molecule has 0 unspecified atom stereocenters. The maximum atomic E-state index is 13.5. The summed E-state index contributed by atoms with van der Waals surface area (Å²) in [6, 6.07) is 8.04. The first-order valence-corrected chi connectivity index (χ1v) is 13.3. The molecule has 37 heavy (non-hydrogen) atoms. The summed E-state index contributed by atoms with van der Waals surface area (Å²) in [7, 11) is 0. The Kier molecular flexibility index (Phi) is 8.12. The molecule has 0 radical (unpaired) electrons. The first-order valence-electron chi connectivity index (χ1n) is 12.4. The molecule has 1 aromatic carbocycles. The van der Waals surface area contributed by atoms with Crippen molar-refractivity contribution in [3.8, 4) is 0 Å². The number of nitrogens with zero attached hydrogens (tertiary/aromatic N) is 4. The maximum absolute atomic E-state index is 13.5. The quantitative estimate of drug-likeness (QED) is 0.350. The fourth-order valence-corrected chi connectivity index (χ4v) is 7.03. The third-order valence-corrected chi connectivity index (χ3v) is 8.90. The van der Waals surface area contributed by atoms with E-state index in [1.54, 1.807) is 18.7 Å². The molecular weight excluding hydrogens is 500 g/mol. The van der Waals surface area contributed by atoms with Crippen LogP contribution in [0.3, 0.4) is 0 Å². The van der Waals surface area contributed by atoms with Gasteiger partial charge in [0.2, 0.25) is 11.8 Å². The highest BCUT2D eigenvalue weighted by molar-refractivity contribution is 8.01. The summed E-state index contributed by atoms with van der Waals surface area (Å²) in [6.45, 7) is 6.05. The van der Waals surface area contributed by atoms with Crippen LogP contribution in [-0.4, -0.2) is 127 Å². The molecule has 4 rings (SSSR count). The van der Waals surface area contributed by atoms with Gasteiger partial charge in [0.1, 0.15) is 24.6 Å². The molecule has 0 aliphatic carbocycles. The van der Waals surface area contributed by atoms with Gasteiger partial charge in [0.25, 0.3) is 5.91 Å². The molecule has 0 bridgehead atoms. The largest absolute Gasteiger partial charge is 0.480 e. The summed E-state index contributed by atoms with van der Waals surface area (Å²) in [4.78, 5) is 57.6. The monoisotopic (exact) mass is 534 g/mol. The lowest BCUT2D eigenvalue weighted by molar-refractivity contribution is -0.173. The van der Waals surface area contributed by atoms with Gasteiger partial charge < -0.3 is 30.0 Å². The second-order valence-corrected chi connectivity index (χ2v) is 12.0. The molecule has 1 aromatic rings. The third-order valence-electron chi connectivity index (χ3n) is 7.30. The van der Waals surface area contributed by atoms with Gasteiger partial charge in [0.05, 0.1) is 12.0 Å². The Morgan fingerprint density at radius 2 is 1.78 bits per heavy atom. The molecule has 202 valence electrons. The van der Waals surface area contributed by atoms with Crippen LogP contribution in [0.15, 0.2) is 30.3 Å². The van der Waals surface area contributed by atoms with Gasteiger partial charge >= 0.3 is 5.97 Å². The predicted molar refractivity (Wildman–Crippen MR) is 135 cm³/mol. The Bertz CT molecular complexity index is 1030. The number of piperazine rings is 1. The van der Waals surface area contributed by atoms with Crippen molar-refractivity contribution in [3.05, 3.63) is 35.9 Å². The molecular formula is C25H34N4O7S. The molecule has 3 fully saturated rings. The number of aliphatic hydroxyl groups is 2. The molecule has 0 aromatic heterocycles. The third kappa shape index (κ3) is 5.47. The lowest BCUT2D eigenvalue weighted by Crippen LogP contribution is -2.67. The molecule has 3 saturated heterocycles. The number of thioether (sulfide) groups is 1. The standard InChI is InChI=1S/C25H34N4O7S/c1-25(2)20(24(35)36)29-21(33)18(23(29)37-25)19(32)22(34)28(14-16-6-4-3-5-7-16)15-17(31)27-10-8-26(9-11-27)12-13-30/h3-7,18-20,23,30,32H,8-15H2,1-2H3,(H,35,36)/t18-,19+,20+,23-/m1/s1. The number of fused-ring (bicyclic) bond motifs is 1. The molecule has 12 heteroatoms. The van der Waals surface area contributed by atoms with Gasteiger partial charge in [-0.2, -0.15) is 0 Å². The summed E-state index contributed by atoms with van der Waals surface area (Å²) in [5.41, 5.74) is 0.771. The predicted octanol–water partition coefficient (Wildman–Crippen LogP) is -0.724. The van der Waals surface area contributed by atoms with Crippen LogP contribution in [0.4, 0.5) is 0 Å². The van der Waals surface area contributed by atoms with Gasteiger partial charge in [-0.25, -0.2) is 4.79 Å². The van der Waals surface area contributed by atoms with E-state index in [1.807, 2.05) is 30.3 Å². The Labute approximate surface area is 220 Å². The number of carbonyl (C=O) groups is 4. The molecule has 0 saturated carbocycles. The van der Waals surface area contributed by atoms with Gasteiger partial charge in [-0.1, -0.05) is 30.3 Å². The number of carbonyl (C=O) groups excluding carboxylic acids is 3. The highest BCUT2D eigenvalue weighted by Gasteiger charge is 2.66. The first kappa shape index (κ1) is 27.4. The average molecular weight is 535 g/mol.